The largest absolute Gasteiger partial charge is 0.497 e. The molecule has 0 radical (unpaired) electrons. The molecule has 2 aromatic carbocycles. The van der Waals surface area contributed by atoms with Gasteiger partial charge in [0, 0.05) is 25.2 Å². The van der Waals surface area contributed by atoms with E-state index in [1.54, 1.807) is 7.11 Å². The van der Waals surface area contributed by atoms with Crippen molar-refractivity contribution in [3.8, 4) is 11.5 Å². The van der Waals surface area contributed by atoms with Crippen LogP contribution in [0.1, 0.15) is 80.6 Å². The number of ether oxygens (including phenoxy) is 2. The zero-order chi connectivity index (χ0) is 27.9. The highest BCUT2D eigenvalue weighted by Gasteiger charge is 2.34. The third kappa shape index (κ3) is 7.24. The summed E-state index contributed by atoms with van der Waals surface area (Å²) in [4.78, 5) is 27.0. The van der Waals surface area contributed by atoms with Crippen molar-refractivity contribution in [2.75, 3.05) is 31.7 Å². The van der Waals surface area contributed by atoms with E-state index in [1.807, 2.05) is 56.3 Å². The number of rotatable bonds is 13. The van der Waals surface area contributed by atoms with E-state index in [0.717, 1.165) is 68.6 Å². The lowest BCUT2D eigenvalue weighted by atomic mass is 9.91. The number of benzene rings is 2. The predicted molar refractivity (Wildman–Crippen MR) is 152 cm³/mol. The van der Waals surface area contributed by atoms with Gasteiger partial charge in [0.25, 0.3) is 5.91 Å². The Morgan fingerprint density at radius 1 is 1.05 bits per heavy atom. The van der Waals surface area contributed by atoms with Gasteiger partial charge in [0.15, 0.2) is 0 Å². The second-order valence-electron chi connectivity index (χ2n) is 10.9. The lowest BCUT2D eigenvalue weighted by Crippen LogP contribution is -2.46. The van der Waals surface area contributed by atoms with Gasteiger partial charge in [-0.15, -0.1) is 0 Å². The van der Waals surface area contributed by atoms with E-state index in [-0.39, 0.29) is 24.3 Å². The summed E-state index contributed by atoms with van der Waals surface area (Å²) in [5.41, 5.74) is 2.52. The summed E-state index contributed by atoms with van der Waals surface area (Å²) in [6, 6.07) is 13.5. The lowest BCUT2D eigenvalue weighted by Gasteiger charge is -2.35. The predicted octanol–water partition coefficient (Wildman–Crippen LogP) is 5.46. The van der Waals surface area contributed by atoms with Crippen LogP contribution in [-0.2, 0) is 4.79 Å². The van der Waals surface area contributed by atoms with Gasteiger partial charge in [-0.25, -0.2) is 5.84 Å². The second kappa shape index (κ2) is 13.2. The first-order valence-corrected chi connectivity index (χ1v) is 14.3. The SMILES string of the molecule is CCC(CC)N(N)C(=O)c1ccc(OC)cc1N1CCC(COc2cccc(C(CC(=O)O)C3CC3)c2)CC1. The van der Waals surface area contributed by atoms with E-state index >= 15 is 0 Å². The quantitative estimate of drug-likeness (QED) is 0.198. The van der Waals surface area contributed by atoms with Gasteiger partial charge in [-0.2, -0.15) is 0 Å². The molecule has 8 heteroatoms. The Kier molecular flexibility index (Phi) is 9.73. The van der Waals surface area contributed by atoms with Crippen LogP contribution < -0.4 is 20.2 Å². The molecule has 39 heavy (non-hydrogen) atoms. The monoisotopic (exact) mass is 537 g/mol. The first-order chi connectivity index (χ1) is 18.8. The molecule has 2 aromatic rings. The van der Waals surface area contributed by atoms with E-state index in [9.17, 15) is 14.7 Å². The zero-order valence-electron chi connectivity index (χ0n) is 23.5. The molecule has 1 aliphatic heterocycles. The van der Waals surface area contributed by atoms with Gasteiger partial charge in [-0.3, -0.25) is 14.6 Å². The molecule has 4 rings (SSSR count). The summed E-state index contributed by atoms with van der Waals surface area (Å²) in [6.45, 7) is 6.31. The van der Waals surface area contributed by atoms with Crippen LogP contribution in [0.15, 0.2) is 42.5 Å². The topological polar surface area (TPSA) is 105 Å². The Labute approximate surface area is 232 Å². The molecule has 3 N–H and O–H groups in total. The van der Waals surface area contributed by atoms with Crippen LogP contribution in [0.25, 0.3) is 0 Å². The Balaban J connectivity index is 1.38. The molecule has 1 atom stereocenters. The Hall–Kier alpha value is -3.26. The van der Waals surface area contributed by atoms with Gasteiger partial charge < -0.3 is 19.5 Å². The van der Waals surface area contributed by atoms with E-state index in [1.165, 1.54) is 5.01 Å². The number of nitrogens with zero attached hydrogens (tertiary/aromatic N) is 2. The maximum Gasteiger partial charge on any atom is 0.303 e. The summed E-state index contributed by atoms with van der Waals surface area (Å²) in [5, 5.41) is 10.7. The highest BCUT2D eigenvalue weighted by atomic mass is 16.5. The van der Waals surface area contributed by atoms with E-state index < -0.39 is 5.97 Å². The van der Waals surface area contributed by atoms with E-state index in [0.29, 0.717) is 29.8 Å². The van der Waals surface area contributed by atoms with Crippen LogP contribution in [0.5, 0.6) is 11.5 Å². The van der Waals surface area contributed by atoms with Crippen LogP contribution >= 0.6 is 0 Å². The molecule has 1 aliphatic carbocycles. The number of anilines is 1. The van der Waals surface area contributed by atoms with Gasteiger partial charge in [-0.05, 0) is 86.1 Å². The van der Waals surface area contributed by atoms with Crippen molar-refractivity contribution in [2.24, 2.45) is 17.7 Å². The number of hydrogen-bond acceptors (Lipinski definition) is 6. The van der Waals surface area contributed by atoms with Crippen LogP contribution in [0, 0.1) is 11.8 Å². The highest BCUT2D eigenvalue weighted by molar-refractivity contribution is 6.00. The molecule has 0 spiro atoms. The lowest BCUT2D eigenvalue weighted by molar-refractivity contribution is -0.137. The molecular weight excluding hydrogens is 494 g/mol. The van der Waals surface area contributed by atoms with Crippen molar-refractivity contribution >= 4 is 17.6 Å². The molecule has 0 aromatic heterocycles. The number of aliphatic carboxylic acids is 1. The van der Waals surface area contributed by atoms with Gasteiger partial charge in [0.2, 0.25) is 0 Å². The summed E-state index contributed by atoms with van der Waals surface area (Å²) >= 11 is 0. The van der Waals surface area contributed by atoms with Gasteiger partial charge in [0.05, 0.1) is 31.4 Å². The molecule has 8 nitrogen and oxygen atoms in total. The number of carbonyl (C=O) groups excluding carboxylic acids is 1. The molecule has 2 fully saturated rings. The van der Waals surface area contributed by atoms with Crippen LogP contribution in [0.4, 0.5) is 5.69 Å². The number of hydrogen-bond donors (Lipinski definition) is 2. The summed E-state index contributed by atoms with van der Waals surface area (Å²) in [7, 11) is 1.63. The Morgan fingerprint density at radius 3 is 2.38 bits per heavy atom. The number of amides is 1. The van der Waals surface area contributed by atoms with Crippen LogP contribution in [-0.4, -0.2) is 54.8 Å². The summed E-state index contributed by atoms with van der Waals surface area (Å²) in [5.74, 6) is 7.78. The molecule has 1 heterocycles. The molecule has 1 unspecified atom stereocenters. The average Bonchev–Trinajstić information content (AvgIpc) is 3.80. The highest BCUT2D eigenvalue weighted by Crippen LogP contribution is 2.45. The molecular formula is C31H43N3O5. The summed E-state index contributed by atoms with van der Waals surface area (Å²) < 4.78 is 11.7. The van der Waals surface area contributed by atoms with Crippen LogP contribution in [0.2, 0.25) is 0 Å². The second-order valence-corrected chi connectivity index (χ2v) is 10.9. The maximum absolute atomic E-state index is 13.4. The number of hydrazine groups is 1. The fourth-order valence-electron chi connectivity index (χ4n) is 5.70. The molecule has 1 amide bonds. The Morgan fingerprint density at radius 2 is 1.77 bits per heavy atom. The minimum absolute atomic E-state index is 0.00230. The number of piperidine rings is 1. The van der Waals surface area contributed by atoms with E-state index in [4.69, 9.17) is 15.3 Å². The first-order valence-electron chi connectivity index (χ1n) is 14.3. The van der Waals surface area contributed by atoms with Crippen molar-refractivity contribution in [2.45, 2.75) is 70.8 Å². The maximum atomic E-state index is 13.4. The minimum Gasteiger partial charge on any atom is -0.497 e. The smallest absolute Gasteiger partial charge is 0.303 e. The zero-order valence-corrected chi connectivity index (χ0v) is 23.5. The molecule has 1 saturated heterocycles. The van der Waals surface area contributed by atoms with Crippen molar-refractivity contribution in [1.29, 1.82) is 0 Å². The number of carboxylic acid groups (broad SMARTS) is 1. The first kappa shape index (κ1) is 28.7. The van der Waals surface area contributed by atoms with Crippen molar-refractivity contribution in [1.82, 2.24) is 5.01 Å². The van der Waals surface area contributed by atoms with Gasteiger partial charge in [0.1, 0.15) is 11.5 Å². The number of methoxy groups -OCH3 is 1. The fraction of sp³-hybridized carbons (Fsp3) is 0.548. The molecule has 1 saturated carbocycles. The standard InChI is InChI=1S/C31H43N3O5/c1-4-24(5-2)34(32)31(37)27-12-11-25(38-3)18-29(27)33-15-13-21(14-16-33)20-39-26-8-6-7-23(17-26)28(19-30(35)36)22-9-10-22/h6-8,11-12,17-18,21-22,24,28H,4-5,9-10,13-16,19-20,32H2,1-3H3,(H,35,36). The number of nitrogens with two attached hydrogens (primary N) is 1. The third-order valence-corrected chi connectivity index (χ3v) is 8.32. The third-order valence-electron chi connectivity index (χ3n) is 8.32. The summed E-state index contributed by atoms with van der Waals surface area (Å²) in [6.07, 6.45) is 5.85. The van der Waals surface area contributed by atoms with E-state index in [2.05, 4.69) is 4.90 Å². The van der Waals surface area contributed by atoms with Crippen molar-refractivity contribution in [3.05, 3.63) is 53.6 Å². The van der Waals surface area contributed by atoms with Crippen LogP contribution in [0.3, 0.4) is 0 Å². The minimum atomic E-state index is -0.749. The van der Waals surface area contributed by atoms with Crippen molar-refractivity contribution in [3.63, 3.8) is 0 Å². The van der Waals surface area contributed by atoms with Crippen molar-refractivity contribution < 1.29 is 24.2 Å². The fourth-order valence-corrected chi connectivity index (χ4v) is 5.70. The Bertz CT molecular complexity index is 1120. The van der Waals surface area contributed by atoms with Gasteiger partial charge >= 0.3 is 5.97 Å². The number of carboxylic acids is 1. The molecule has 0 bridgehead atoms. The van der Waals surface area contributed by atoms with Gasteiger partial charge in [-0.1, -0.05) is 26.0 Å². The normalized spacial score (nSPS) is 16.7. The average molecular weight is 538 g/mol. The number of carbonyl (C=O) groups is 2. The molecule has 212 valence electrons. The molecule has 2 aliphatic rings.